The number of aryl methyl sites for hydroxylation is 1. The smallest absolute Gasteiger partial charge is 0.238 e. The normalized spacial score (nSPS) is 11.7. The highest BCUT2D eigenvalue weighted by Crippen LogP contribution is 2.34. The Balaban J connectivity index is 2.31. The van der Waals surface area contributed by atoms with E-state index in [1.807, 2.05) is 12.3 Å². The molecule has 0 fully saturated rings. The number of primary sulfonamides is 1. The van der Waals surface area contributed by atoms with Gasteiger partial charge in [0.05, 0.1) is 4.90 Å². The van der Waals surface area contributed by atoms with Crippen molar-refractivity contribution in [3.8, 4) is 0 Å². The lowest BCUT2D eigenvalue weighted by Gasteiger charge is -2.05. The zero-order valence-electron chi connectivity index (χ0n) is 9.45. The molecule has 0 aliphatic rings. The fourth-order valence-electron chi connectivity index (χ4n) is 1.27. The number of anilines is 1. The van der Waals surface area contributed by atoms with Gasteiger partial charge in [0.1, 0.15) is 0 Å². The van der Waals surface area contributed by atoms with E-state index in [2.05, 4.69) is 4.98 Å². The van der Waals surface area contributed by atoms with Crippen LogP contribution in [0.1, 0.15) is 5.69 Å². The van der Waals surface area contributed by atoms with Gasteiger partial charge in [-0.15, -0.1) is 11.3 Å². The Morgan fingerprint density at radius 1 is 1.39 bits per heavy atom. The number of nitrogens with zero attached hydrogens (tertiary/aromatic N) is 1. The molecule has 0 spiro atoms. The SMILES string of the molecule is Cc1csc(Sc2ccc(S(N)(=O)=O)cc2N)n1. The van der Waals surface area contributed by atoms with Crippen LogP contribution in [-0.4, -0.2) is 13.4 Å². The van der Waals surface area contributed by atoms with Crippen molar-refractivity contribution in [3.63, 3.8) is 0 Å². The van der Waals surface area contributed by atoms with Crippen molar-refractivity contribution in [2.75, 3.05) is 5.73 Å². The second-order valence-electron chi connectivity index (χ2n) is 3.60. The Labute approximate surface area is 113 Å². The molecule has 0 aliphatic heterocycles. The predicted octanol–water partition coefficient (Wildman–Crippen LogP) is 1.83. The number of sulfonamides is 1. The van der Waals surface area contributed by atoms with E-state index in [-0.39, 0.29) is 4.90 Å². The van der Waals surface area contributed by atoms with Crippen molar-refractivity contribution < 1.29 is 8.42 Å². The molecule has 18 heavy (non-hydrogen) atoms. The summed E-state index contributed by atoms with van der Waals surface area (Å²) >= 11 is 2.92. The Kier molecular flexibility index (Phi) is 3.62. The second kappa shape index (κ2) is 4.88. The topological polar surface area (TPSA) is 99.1 Å². The van der Waals surface area contributed by atoms with Crippen LogP contribution < -0.4 is 10.9 Å². The molecule has 1 heterocycles. The molecule has 1 aromatic heterocycles. The quantitative estimate of drug-likeness (QED) is 0.843. The lowest BCUT2D eigenvalue weighted by atomic mass is 10.3. The van der Waals surface area contributed by atoms with Gasteiger partial charge in [-0.2, -0.15) is 0 Å². The van der Waals surface area contributed by atoms with Gasteiger partial charge in [-0.1, -0.05) is 11.8 Å². The van der Waals surface area contributed by atoms with Crippen molar-refractivity contribution in [2.24, 2.45) is 5.14 Å². The highest BCUT2D eigenvalue weighted by molar-refractivity contribution is 8.01. The number of hydrogen-bond donors (Lipinski definition) is 2. The van der Waals surface area contributed by atoms with Gasteiger partial charge < -0.3 is 5.73 Å². The summed E-state index contributed by atoms with van der Waals surface area (Å²) in [5, 5.41) is 6.97. The van der Waals surface area contributed by atoms with E-state index >= 15 is 0 Å². The van der Waals surface area contributed by atoms with Gasteiger partial charge in [-0.05, 0) is 25.1 Å². The van der Waals surface area contributed by atoms with Crippen molar-refractivity contribution >= 4 is 38.8 Å². The van der Waals surface area contributed by atoms with Crippen LogP contribution in [0.3, 0.4) is 0 Å². The van der Waals surface area contributed by atoms with Crippen LogP contribution in [0.4, 0.5) is 5.69 Å². The van der Waals surface area contributed by atoms with E-state index in [0.717, 1.165) is 14.9 Å². The maximum atomic E-state index is 11.2. The zero-order valence-corrected chi connectivity index (χ0v) is 11.9. The van der Waals surface area contributed by atoms with Gasteiger partial charge in [-0.3, -0.25) is 0 Å². The minimum atomic E-state index is -3.71. The maximum absolute atomic E-state index is 11.2. The first-order valence-electron chi connectivity index (χ1n) is 4.88. The van der Waals surface area contributed by atoms with E-state index in [0.29, 0.717) is 5.69 Å². The van der Waals surface area contributed by atoms with Gasteiger partial charge in [0.25, 0.3) is 0 Å². The predicted molar refractivity (Wildman–Crippen MR) is 73.2 cm³/mol. The first-order valence-corrected chi connectivity index (χ1v) is 8.13. The lowest BCUT2D eigenvalue weighted by Crippen LogP contribution is -2.12. The average molecular weight is 301 g/mol. The molecule has 0 unspecified atom stereocenters. The summed E-state index contributed by atoms with van der Waals surface area (Å²) < 4.78 is 23.2. The Morgan fingerprint density at radius 3 is 2.61 bits per heavy atom. The molecule has 2 rings (SSSR count). The minimum Gasteiger partial charge on any atom is -0.398 e. The van der Waals surface area contributed by atoms with E-state index in [1.54, 1.807) is 6.07 Å². The average Bonchev–Trinajstić information content (AvgIpc) is 2.65. The minimum absolute atomic E-state index is 0.0136. The molecule has 5 nitrogen and oxygen atoms in total. The third kappa shape index (κ3) is 3.02. The van der Waals surface area contributed by atoms with E-state index < -0.39 is 10.0 Å². The summed E-state index contributed by atoms with van der Waals surface area (Å²) in [6.45, 7) is 1.91. The summed E-state index contributed by atoms with van der Waals surface area (Å²) in [6.07, 6.45) is 0. The van der Waals surface area contributed by atoms with Crippen molar-refractivity contribution in [3.05, 3.63) is 29.3 Å². The molecular formula is C10H11N3O2S3. The molecule has 0 amide bonds. The largest absolute Gasteiger partial charge is 0.398 e. The Morgan fingerprint density at radius 2 is 2.11 bits per heavy atom. The van der Waals surface area contributed by atoms with Gasteiger partial charge >= 0.3 is 0 Å². The number of thiazole rings is 1. The molecule has 0 saturated heterocycles. The fraction of sp³-hybridized carbons (Fsp3) is 0.100. The van der Waals surface area contributed by atoms with Crippen LogP contribution in [0.15, 0.2) is 37.7 Å². The third-order valence-corrected chi connectivity index (χ3v) is 5.16. The summed E-state index contributed by atoms with van der Waals surface area (Å²) in [5.41, 5.74) is 7.13. The van der Waals surface area contributed by atoms with Crippen LogP contribution in [0.5, 0.6) is 0 Å². The number of rotatable bonds is 3. The Bertz CT molecular complexity index is 679. The van der Waals surface area contributed by atoms with Gasteiger partial charge in [0, 0.05) is 21.7 Å². The highest BCUT2D eigenvalue weighted by atomic mass is 32.2. The molecule has 2 aromatic rings. The number of nitrogen functional groups attached to an aromatic ring is 1. The van der Waals surface area contributed by atoms with Crippen molar-refractivity contribution in [2.45, 2.75) is 21.1 Å². The van der Waals surface area contributed by atoms with E-state index in [1.165, 1.54) is 35.2 Å². The van der Waals surface area contributed by atoms with E-state index in [9.17, 15) is 8.42 Å². The summed E-state index contributed by atoms with van der Waals surface area (Å²) in [6, 6.07) is 4.43. The van der Waals surface area contributed by atoms with Crippen molar-refractivity contribution in [1.29, 1.82) is 0 Å². The fourth-order valence-corrected chi connectivity index (χ4v) is 3.64. The number of hydrogen-bond acceptors (Lipinski definition) is 6. The third-order valence-electron chi connectivity index (χ3n) is 2.10. The van der Waals surface area contributed by atoms with Crippen LogP contribution in [0.25, 0.3) is 0 Å². The van der Waals surface area contributed by atoms with E-state index in [4.69, 9.17) is 10.9 Å². The zero-order chi connectivity index (χ0) is 13.3. The van der Waals surface area contributed by atoms with Crippen LogP contribution in [0, 0.1) is 6.92 Å². The molecule has 0 aliphatic carbocycles. The highest BCUT2D eigenvalue weighted by Gasteiger charge is 2.11. The molecule has 0 radical (unpaired) electrons. The van der Waals surface area contributed by atoms with Crippen LogP contribution in [-0.2, 0) is 10.0 Å². The molecular weight excluding hydrogens is 290 g/mol. The number of aromatic nitrogens is 1. The molecule has 0 bridgehead atoms. The first kappa shape index (κ1) is 13.3. The van der Waals surface area contributed by atoms with Crippen LogP contribution in [0.2, 0.25) is 0 Å². The number of nitrogens with two attached hydrogens (primary N) is 2. The van der Waals surface area contributed by atoms with Crippen LogP contribution >= 0.6 is 23.1 Å². The molecule has 1 aromatic carbocycles. The summed E-state index contributed by atoms with van der Waals surface area (Å²) in [5.74, 6) is 0. The Hall–Kier alpha value is -1.09. The number of benzene rings is 1. The lowest BCUT2D eigenvalue weighted by molar-refractivity contribution is 0.598. The van der Waals surface area contributed by atoms with Gasteiger partial charge in [0.15, 0.2) is 4.34 Å². The molecule has 8 heteroatoms. The van der Waals surface area contributed by atoms with Crippen molar-refractivity contribution in [1.82, 2.24) is 4.98 Å². The van der Waals surface area contributed by atoms with Gasteiger partial charge in [0.2, 0.25) is 10.0 Å². The molecule has 0 saturated carbocycles. The second-order valence-corrected chi connectivity index (χ2v) is 7.31. The monoisotopic (exact) mass is 301 g/mol. The molecule has 96 valence electrons. The standard InChI is InChI=1S/C10H11N3O2S3/c1-6-5-16-10(13-6)17-9-3-2-7(4-8(9)11)18(12,14)15/h2-5H,11H2,1H3,(H2,12,14,15). The summed E-state index contributed by atoms with van der Waals surface area (Å²) in [4.78, 5) is 5.08. The maximum Gasteiger partial charge on any atom is 0.238 e. The molecule has 0 atom stereocenters. The van der Waals surface area contributed by atoms with Gasteiger partial charge in [-0.25, -0.2) is 18.5 Å². The summed E-state index contributed by atoms with van der Waals surface area (Å²) in [7, 11) is -3.71. The first-order chi connectivity index (χ1) is 8.36. The molecule has 4 N–H and O–H groups in total.